The number of nitrogens with one attached hydrogen (secondary N) is 1. The molecule has 3 nitrogen and oxygen atoms in total. The maximum atomic E-state index is 5.35. The molecule has 0 aliphatic carbocycles. The summed E-state index contributed by atoms with van der Waals surface area (Å²) in [5.74, 6) is 1.54. The Bertz CT molecular complexity index is 793. The fourth-order valence-corrected chi connectivity index (χ4v) is 2.76. The first-order chi connectivity index (χ1) is 11.3. The molecule has 0 bridgehead atoms. The Morgan fingerprint density at radius 3 is 2.43 bits per heavy atom. The first-order valence-electron chi connectivity index (χ1n) is 7.74. The molecule has 3 aromatic carbocycles. The average molecular weight is 307 g/mol. The zero-order valence-electron chi connectivity index (χ0n) is 13.5. The van der Waals surface area contributed by atoms with Gasteiger partial charge in [0, 0.05) is 17.6 Å². The number of hydrogen-bond acceptors (Lipinski definition) is 3. The first-order valence-corrected chi connectivity index (χ1v) is 7.74. The van der Waals surface area contributed by atoms with Crippen molar-refractivity contribution in [2.45, 2.75) is 6.42 Å². The van der Waals surface area contributed by atoms with Gasteiger partial charge in [0.25, 0.3) is 0 Å². The fraction of sp³-hybridized carbons (Fsp3) is 0.200. The molecule has 3 rings (SSSR count). The Kier molecular flexibility index (Phi) is 4.67. The molecule has 1 N–H and O–H groups in total. The van der Waals surface area contributed by atoms with Gasteiger partial charge < -0.3 is 14.8 Å². The lowest BCUT2D eigenvalue weighted by Crippen LogP contribution is -2.05. The van der Waals surface area contributed by atoms with Crippen molar-refractivity contribution >= 4 is 16.5 Å². The third-order valence-corrected chi connectivity index (χ3v) is 3.97. The monoisotopic (exact) mass is 307 g/mol. The highest BCUT2D eigenvalue weighted by Crippen LogP contribution is 2.28. The minimum atomic E-state index is 0.762. The van der Waals surface area contributed by atoms with E-state index in [1.165, 1.54) is 22.0 Å². The van der Waals surface area contributed by atoms with Gasteiger partial charge in [0.1, 0.15) is 0 Å². The molecule has 0 aliphatic heterocycles. The lowest BCUT2D eigenvalue weighted by molar-refractivity contribution is 0.354. The topological polar surface area (TPSA) is 30.5 Å². The maximum absolute atomic E-state index is 5.35. The standard InChI is InChI=1S/C20H21NO2/c1-22-19-11-10-15(14-20(19)23-2)12-13-21-18-9-5-7-16-6-3-4-8-17(16)18/h3-11,14,21H,12-13H2,1-2H3. The molecular weight excluding hydrogens is 286 g/mol. The van der Waals surface area contributed by atoms with Crippen LogP contribution in [0.15, 0.2) is 60.7 Å². The van der Waals surface area contributed by atoms with Crippen molar-refractivity contribution in [3.8, 4) is 11.5 Å². The summed E-state index contributed by atoms with van der Waals surface area (Å²) in [6.45, 7) is 0.865. The molecule has 0 spiro atoms. The van der Waals surface area contributed by atoms with Gasteiger partial charge in [0.15, 0.2) is 11.5 Å². The van der Waals surface area contributed by atoms with Crippen molar-refractivity contribution in [2.24, 2.45) is 0 Å². The molecule has 0 atom stereocenters. The van der Waals surface area contributed by atoms with Crippen LogP contribution in [-0.4, -0.2) is 20.8 Å². The summed E-state index contributed by atoms with van der Waals surface area (Å²) in [4.78, 5) is 0. The molecule has 0 heterocycles. The van der Waals surface area contributed by atoms with Crippen molar-refractivity contribution < 1.29 is 9.47 Å². The molecule has 3 aromatic rings. The summed E-state index contributed by atoms with van der Waals surface area (Å²) in [6.07, 6.45) is 0.920. The van der Waals surface area contributed by atoms with Crippen LogP contribution in [-0.2, 0) is 6.42 Å². The van der Waals surface area contributed by atoms with E-state index in [2.05, 4.69) is 53.8 Å². The third kappa shape index (κ3) is 3.39. The van der Waals surface area contributed by atoms with Crippen molar-refractivity contribution in [1.82, 2.24) is 0 Å². The Morgan fingerprint density at radius 2 is 1.61 bits per heavy atom. The molecule has 23 heavy (non-hydrogen) atoms. The van der Waals surface area contributed by atoms with E-state index in [1.807, 2.05) is 12.1 Å². The molecule has 118 valence electrons. The van der Waals surface area contributed by atoms with Crippen LogP contribution < -0.4 is 14.8 Å². The molecule has 0 aliphatic rings. The van der Waals surface area contributed by atoms with E-state index in [9.17, 15) is 0 Å². The molecule has 0 fully saturated rings. The van der Waals surface area contributed by atoms with Gasteiger partial charge in [-0.3, -0.25) is 0 Å². The summed E-state index contributed by atoms with van der Waals surface area (Å²) in [6, 6.07) is 20.8. The van der Waals surface area contributed by atoms with Crippen molar-refractivity contribution in [3.63, 3.8) is 0 Å². The van der Waals surface area contributed by atoms with Crippen LogP contribution in [0.3, 0.4) is 0 Å². The molecule has 3 heteroatoms. The van der Waals surface area contributed by atoms with Crippen LogP contribution in [0, 0.1) is 0 Å². The average Bonchev–Trinajstić information content (AvgIpc) is 2.61. The second kappa shape index (κ2) is 7.05. The maximum Gasteiger partial charge on any atom is 0.160 e. The predicted octanol–water partition coefficient (Wildman–Crippen LogP) is 4.51. The Hall–Kier alpha value is -2.68. The van der Waals surface area contributed by atoms with Crippen LogP contribution in [0.5, 0.6) is 11.5 Å². The van der Waals surface area contributed by atoms with Gasteiger partial charge in [0.05, 0.1) is 14.2 Å². The summed E-state index contributed by atoms with van der Waals surface area (Å²) in [5.41, 5.74) is 2.39. The Balaban J connectivity index is 1.69. The van der Waals surface area contributed by atoms with Crippen LogP contribution in [0.4, 0.5) is 5.69 Å². The van der Waals surface area contributed by atoms with E-state index in [4.69, 9.17) is 9.47 Å². The SMILES string of the molecule is COc1ccc(CCNc2cccc3ccccc23)cc1OC. The third-order valence-electron chi connectivity index (χ3n) is 3.97. The number of anilines is 1. The number of fused-ring (bicyclic) bond motifs is 1. The summed E-state index contributed by atoms with van der Waals surface area (Å²) >= 11 is 0. The quantitative estimate of drug-likeness (QED) is 0.726. The van der Waals surface area contributed by atoms with E-state index < -0.39 is 0 Å². The zero-order chi connectivity index (χ0) is 16.1. The van der Waals surface area contributed by atoms with E-state index in [-0.39, 0.29) is 0 Å². The van der Waals surface area contributed by atoms with Crippen LogP contribution in [0.1, 0.15) is 5.56 Å². The van der Waals surface area contributed by atoms with Crippen molar-refractivity contribution in [2.75, 3.05) is 26.1 Å². The zero-order valence-corrected chi connectivity index (χ0v) is 13.5. The van der Waals surface area contributed by atoms with E-state index in [1.54, 1.807) is 14.2 Å². The number of ether oxygens (including phenoxy) is 2. The van der Waals surface area contributed by atoms with Crippen LogP contribution >= 0.6 is 0 Å². The van der Waals surface area contributed by atoms with Gasteiger partial charge in [-0.1, -0.05) is 42.5 Å². The van der Waals surface area contributed by atoms with Gasteiger partial charge >= 0.3 is 0 Å². The number of rotatable bonds is 6. The van der Waals surface area contributed by atoms with Gasteiger partial charge in [-0.2, -0.15) is 0 Å². The van der Waals surface area contributed by atoms with Gasteiger partial charge in [-0.15, -0.1) is 0 Å². The number of benzene rings is 3. The molecule has 0 unspecified atom stereocenters. The molecule has 0 aromatic heterocycles. The number of methoxy groups -OCH3 is 2. The van der Waals surface area contributed by atoms with Crippen LogP contribution in [0.2, 0.25) is 0 Å². The van der Waals surface area contributed by atoms with Gasteiger partial charge in [0.2, 0.25) is 0 Å². The lowest BCUT2D eigenvalue weighted by Gasteiger charge is -2.12. The summed E-state index contributed by atoms with van der Waals surface area (Å²) in [5, 5.41) is 6.04. The molecular formula is C20H21NO2. The predicted molar refractivity (Wildman–Crippen MR) is 95.7 cm³/mol. The molecule has 0 radical (unpaired) electrons. The lowest BCUT2D eigenvalue weighted by atomic mass is 10.1. The second-order valence-electron chi connectivity index (χ2n) is 5.39. The van der Waals surface area contributed by atoms with E-state index in [0.29, 0.717) is 0 Å². The highest BCUT2D eigenvalue weighted by molar-refractivity contribution is 5.93. The fourth-order valence-electron chi connectivity index (χ4n) is 2.76. The Labute approximate surface area is 136 Å². The smallest absolute Gasteiger partial charge is 0.160 e. The van der Waals surface area contributed by atoms with Crippen LogP contribution in [0.25, 0.3) is 10.8 Å². The summed E-state index contributed by atoms with van der Waals surface area (Å²) in [7, 11) is 3.32. The minimum absolute atomic E-state index is 0.762. The van der Waals surface area contributed by atoms with Gasteiger partial charge in [-0.25, -0.2) is 0 Å². The highest BCUT2D eigenvalue weighted by atomic mass is 16.5. The molecule has 0 saturated heterocycles. The van der Waals surface area contributed by atoms with Crippen molar-refractivity contribution in [3.05, 3.63) is 66.2 Å². The van der Waals surface area contributed by atoms with E-state index in [0.717, 1.165) is 24.5 Å². The minimum Gasteiger partial charge on any atom is -0.493 e. The second-order valence-corrected chi connectivity index (χ2v) is 5.39. The van der Waals surface area contributed by atoms with Crippen molar-refractivity contribution in [1.29, 1.82) is 0 Å². The summed E-state index contributed by atoms with van der Waals surface area (Å²) < 4.78 is 10.6. The highest BCUT2D eigenvalue weighted by Gasteiger charge is 2.05. The largest absolute Gasteiger partial charge is 0.493 e. The molecule has 0 saturated carbocycles. The molecule has 0 amide bonds. The van der Waals surface area contributed by atoms with E-state index >= 15 is 0 Å². The van der Waals surface area contributed by atoms with Gasteiger partial charge in [-0.05, 0) is 35.6 Å². The normalized spacial score (nSPS) is 10.5. The number of hydrogen-bond donors (Lipinski definition) is 1. The first kappa shape index (κ1) is 15.2. The Morgan fingerprint density at radius 1 is 0.826 bits per heavy atom.